The quantitative estimate of drug-likeness (QED) is 0.577. The summed E-state index contributed by atoms with van der Waals surface area (Å²) in [5.74, 6) is 0.991. The summed E-state index contributed by atoms with van der Waals surface area (Å²) < 4.78 is 0. The molecule has 0 aliphatic rings. The van der Waals surface area contributed by atoms with Crippen molar-refractivity contribution in [3.8, 4) is 0 Å². The molecule has 0 heterocycles. The molecule has 0 aliphatic heterocycles. The van der Waals surface area contributed by atoms with Crippen molar-refractivity contribution in [2.45, 2.75) is 19.3 Å². The van der Waals surface area contributed by atoms with Gasteiger partial charge in [0, 0.05) is 0 Å². The second kappa shape index (κ2) is 5.22. The van der Waals surface area contributed by atoms with Gasteiger partial charge in [-0.25, -0.2) is 0 Å². The molecule has 0 nitrogen and oxygen atoms in total. The Morgan fingerprint density at radius 3 is 2.53 bits per heavy atom. The van der Waals surface area contributed by atoms with Gasteiger partial charge >= 0.3 is 0 Å². The molecule has 1 heteroatoms. The Bertz CT molecular complexity index is 429. The molecule has 0 spiro atoms. The van der Waals surface area contributed by atoms with Gasteiger partial charge in [0.15, 0.2) is 0 Å². The number of rotatable bonds is 4. The molecule has 2 aromatic rings. The van der Waals surface area contributed by atoms with E-state index in [-0.39, 0.29) is 0 Å². The van der Waals surface area contributed by atoms with Gasteiger partial charge in [0.05, 0.1) is 0 Å². The molecule has 2 rings (SSSR count). The van der Waals surface area contributed by atoms with Crippen molar-refractivity contribution >= 4 is 23.4 Å². The van der Waals surface area contributed by atoms with Crippen LogP contribution in [0.1, 0.15) is 18.4 Å². The Labute approximate surface area is 96.7 Å². The van der Waals surface area contributed by atoms with Crippen LogP contribution in [0.3, 0.4) is 0 Å². The molecule has 0 atom stereocenters. The summed E-state index contributed by atoms with van der Waals surface area (Å²) in [6, 6.07) is 15.2. The molecular weight excluding hydrogens is 200 g/mol. The Kier molecular flexibility index (Phi) is 3.68. The maximum atomic E-state index is 4.24. The molecule has 0 fully saturated rings. The molecule has 0 saturated heterocycles. The lowest BCUT2D eigenvalue weighted by Gasteiger charge is -2.05. The van der Waals surface area contributed by atoms with E-state index in [0.717, 1.165) is 5.75 Å². The van der Waals surface area contributed by atoms with E-state index in [1.165, 1.54) is 35.6 Å². The van der Waals surface area contributed by atoms with Gasteiger partial charge in [-0.1, -0.05) is 42.5 Å². The topological polar surface area (TPSA) is 0 Å². The maximum Gasteiger partial charge on any atom is -0.00978 e. The van der Waals surface area contributed by atoms with Gasteiger partial charge in [0.2, 0.25) is 0 Å². The van der Waals surface area contributed by atoms with E-state index in [4.69, 9.17) is 0 Å². The highest BCUT2D eigenvalue weighted by Crippen LogP contribution is 2.20. The third kappa shape index (κ3) is 2.54. The summed E-state index contributed by atoms with van der Waals surface area (Å²) >= 11 is 4.24. The second-order valence-electron chi connectivity index (χ2n) is 3.82. The van der Waals surface area contributed by atoms with E-state index in [2.05, 4.69) is 55.1 Å². The van der Waals surface area contributed by atoms with Crippen LogP contribution in [0, 0.1) is 0 Å². The fourth-order valence-electron chi connectivity index (χ4n) is 1.94. The molecule has 2 aromatic carbocycles. The molecule has 0 amide bonds. The number of benzene rings is 2. The molecule has 0 radical (unpaired) electrons. The predicted octanol–water partition coefficient (Wildman–Crippen LogP) is 4.09. The summed E-state index contributed by atoms with van der Waals surface area (Å²) in [5, 5.41) is 2.75. The van der Waals surface area contributed by atoms with Crippen molar-refractivity contribution < 1.29 is 0 Å². The fraction of sp³-hybridized carbons (Fsp3) is 0.286. The van der Waals surface area contributed by atoms with Gasteiger partial charge in [-0.15, -0.1) is 0 Å². The van der Waals surface area contributed by atoms with Crippen LogP contribution in [0.25, 0.3) is 10.8 Å². The molecule has 0 aliphatic carbocycles. The maximum absolute atomic E-state index is 4.24. The lowest BCUT2D eigenvalue weighted by molar-refractivity contribution is 0.808. The summed E-state index contributed by atoms with van der Waals surface area (Å²) in [4.78, 5) is 0. The Morgan fingerprint density at radius 2 is 1.67 bits per heavy atom. The normalized spacial score (nSPS) is 10.7. The predicted molar refractivity (Wildman–Crippen MR) is 70.7 cm³/mol. The van der Waals surface area contributed by atoms with Gasteiger partial charge in [0.25, 0.3) is 0 Å². The highest BCUT2D eigenvalue weighted by molar-refractivity contribution is 7.80. The lowest BCUT2D eigenvalue weighted by atomic mass is 10.0. The monoisotopic (exact) mass is 216 g/mol. The van der Waals surface area contributed by atoms with Crippen molar-refractivity contribution in [3.63, 3.8) is 0 Å². The number of aryl methyl sites for hydroxylation is 1. The number of hydrogen-bond acceptors (Lipinski definition) is 1. The van der Waals surface area contributed by atoms with E-state index in [1.54, 1.807) is 0 Å². The molecule has 0 saturated carbocycles. The first-order chi connectivity index (χ1) is 7.42. The van der Waals surface area contributed by atoms with Gasteiger partial charge in [0.1, 0.15) is 0 Å². The zero-order chi connectivity index (χ0) is 10.5. The molecule has 78 valence electrons. The largest absolute Gasteiger partial charge is 0.179 e. The van der Waals surface area contributed by atoms with E-state index in [9.17, 15) is 0 Å². The van der Waals surface area contributed by atoms with Gasteiger partial charge < -0.3 is 0 Å². The Balaban J connectivity index is 2.26. The second-order valence-corrected chi connectivity index (χ2v) is 4.27. The Morgan fingerprint density at radius 1 is 0.867 bits per heavy atom. The van der Waals surface area contributed by atoms with Crippen LogP contribution in [-0.4, -0.2) is 5.75 Å². The van der Waals surface area contributed by atoms with Gasteiger partial charge in [-0.05, 0) is 41.4 Å². The summed E-state index contributed by atoms with van der Waals surface area (Å²) in [6.45, 7) is 0. The van der Waals surface area contributed by atoms with Gasteiger partial charge in [-0.3, -0.25) is 0 Å². The highest BCUT2D eigenvalue weighted by atomic mass is 32.1. The first-order valence-electron chi connectivity index (χ1n) is 5.49. The zero-order valence-electron chi connectivity index (χ0n) is 8.82. The standard InChI is InChI=1S/C14H16S/c15-11-4-3-7-13-9-5-8-12-6-1-2-10-14(12)13/h1-2,5-6,8-10,15H,3-4,7,11H2. The average molecular weight is 216 g/mol. The first kappa shape index (κ1) is 10.6. The van der Waals surface area contributed by atoms with Crippen LogP contribution >= 0.6 is 12.6 Å². The van der Waals surface area contributed by atoms with Crippen LogP contribution in [-0.2, 0) is 6.42 Å². The van der Waals surface area contributed by atoms with Crippen LogP contribution in [0.2, 0.25) is 0 Å². The van der Waals surface area contributed by atoms with Crippen LogP contribution in [0.5, 0.6) is 0 Å². The first-order valence-corrected chi connectivity index (χ1v) is 6.12. The summed E-state index contributed by atoms with van der Waals surface area (Å²) in [6.07, 6.45) is 3.60. The Hall–Kier alpha value is -0.950. The van der Waals surface area contributed by atoms with E-state index in [0.29, 0.717) is 0 Å². The van der Waals surface area contributed by atoms with Crippen LogP contribution in [0.4, 0.5) is 0 Å². The minimum Gasteiger partial charge on any atom is -0.179 e. The number of fused-ring (bicyclic) bond motifs is 1. The third-order valence-corrected chi connectivity index (χ3v) is 3.05. The SMILES string of the molecule is SCCCCc1cccc2ccccc12. The number of hydrogen-bond donors (Lipinski definition) is 1. The summed E-state index contributed by atoms with van der Waals surface area (Å²) in [7, 11) is 0. The molecule has 0 N–H and O–H groups in total. The van der Waals surface area contributed by atoms with Crippen molar-refractivity contribution in [3.05, 3.63) is 48.0 Å². The number of thiol groups is 1. The van der Waals surface area contributed by atoms with Crippen molar-refractivity contribution in [2.24, 2.45) is 0 Å². The molecule has 0 bridgehead atoms. The smallest absolute Gasteiger partial charge is 0.00978 e. The minimum atomic E-state index is 0.991. The van der Waals surface area contributed by atoms with E-state index < -0.39 is 0 Å². The molecular formula is C14H16S. The van der Waals surface area contributed by atoms with Crippen LogP contribution in [0.15, 0.2) is 42.5 Å². The molecule has 0 aromatic heterocycles. The van der Waals surface area contributed by atoms with Crippen LogP contribution < -0.4 is 0 Å². The molecule has 0 unspecified atom stereocenters. The van der Waals surface area contributed by atoms with E-state index >= 15 is 0 Å². The minimum absolute atomic E-state index is 0.991. The number of unbranched alkanes of at least 4 members (excludes halogenated alkanes) is 1. The average Bonchev–Trinajstić information content (AvgIpc) is 2.30. The highest BCUT2D eigenvalue weighted by Gasteiger charge is 1.99. The third-order valence-electron chi connectivity index (χ3n) is 2.73. The summed E-state index contributed by atoms with van der Waals surface area (Å²) in [5.41, 5.74) is 1.47. The van der Waals surface area contributed by atoms with E-state index in [1.807, 2.05) is 0 Å². The van der Waals surface area contributed by atoms with Crippen molar-refractivity contribution in [2.75, 3.05) is 5.75 Å². The zero-order valence-corrected chi connectivity index (χ0v) is 9.71. The van der Waals surface area contributed by atoms with Crippen molar-refractivity contribution in [1.82, 2.24) is 0 Å². The van der Waals surface area contributed by atoms with Crippen molar-refractivity contribution in [1.29, 1.82) is 0 Å². The van der Waals surface area contributed by atoms with Gasteiger partial charge in [-0.2, -0.15) is 12.6 Å². The lowest BCUT2D eigenvalue weighted by Crippen LogP contribution is -1.88. The fourth-order valence-corrected chi connectivity index (χ4v) is 2.16. The molecule has 15 heavy (non-hydrogen) atoms.